The average molecular weight is 589 g/mol. The van der Waals surface area contributed by atoms with E-state index in [1.807, 2.05) is 6.07 Å². The first-order chi connectivity index (χ1) is 19.9. The number of carboxylic acids is 1. The number of carboxylic acid groups (broad SMARTS) is 1. The molecule has 1 aliphatic rings. The Kier molecular flexibility index (Phi) is 13.9. The Hall–Kier alpha value is -3.51. The first-order valence-corrected chi connectivity index (χ1v) is 14.8. The zero-order valence-corrected chi connectivity index (χ0v) is 25.2. The normalized spacial score (nSPS) is 17.8. The van der Waals surface area contributed by atoms with Crippen LogP contribution in [0.25, 0.3) is 0 Å². The van der Waals surface area contributed by atoms with Crippen LogP contribution in [0.5, 0.6) is 0 Å². The van der Waals surface area contributed by atoms with E-state index in [2.05, 4.69) is 16.0 Å². The summed E-state index contributed by atoms with van der Waals surface area (Å²) in [7, 11) is 0. The lowest BCUT2D eigenvalue weighted by molar-refractivity contribution is -0.143. The fraction of sp³-hybridized carbons (Fsp3) is 0.633. The van der Waals surface area contributed by atoms with Crippen molar-refractivity contribution < 1.29 is 29.1 Å². The van der Waals surface area contributed by atoms with Crippen molar-refractivity contribution in [2.75, 3.05) is 13.1 Å². The van der Waals surface area contributed by atoms with Crippen molar-refractivity contribution in [3.05, 3.63) is 35.9 Å². The molecule has 1 fully saturated rings. The van der Waals surface area contributed by atoms with Crippen molar-refractivity contribution in [2.24, 2.45) is 23.3 Å². The molecule has 0 radical (unpaired) electrons. The number of carbonyl (C=O) groups is 5. The minimum absolute atomic E-state index is 0.120. The summed E-state index contributed by atoms with van der Waals surface area (Å²) in [4.78, 5) is 66.4. The highest BCUT2D eigenvalue weighted by Crippen LogP contribution is 2.20. The zero-order chi connectivity index (χ0) is 31.4. The quantitative estimate of drug-likeness (QED) is 0.150. The molecule has 1 aromatic carbocycles. The van der Waals surface area contributed by atoms with Crippen LogP contribution in [0.2, 0.25) is 0 Å². The van der Waals surface area contributed by atoms with Crippen molar-refractivity contribution in [1.82, 2.24) is 20.9 Å². The number of nitrogens with one attached hydrogen (secondary N) is 3. The number of benzene rings is 1. The summed E-state index contributed by atoms with van der Waals surface area (Å²) in [6, 6.07) is 4.33. The Balaban J connectivity index is 2.18. The van der Waals surface area contributed by atoms with Crippen molar-refractivity contribution in [1.29, 1.82) is 0 Å². The summed E-state index contributed by atoms with van der Waals surface area (Å²) in [5.41, 5.74) is 12.4. The number of carbonyl (C=O) groups excluding carboxylic acids is 4. The molecule has 234 valence electrons. The van der Waals surface area contributed by atoms with E-state index in [-0.39, 0.29) is 24.2 Å². The van der Waals surface area contributed by atoms with Crippen molar-refractivity contribution in [2.45, 2.75) is 96.4 Å². The molecule has 42 heavy (non-hydrogen) atoms. The van der Waals surface area contributed by atoms with Gasteiger partial charge in [0.2, 0.25) is 23.6 Å². The lowest BCUT2D eigenvalue weighted by Crippen LogP contribution is -2.60. The topological polar surface area (TPSA) is 197 Å². The van der Waals surface area contributed by atoms with Gasteiger partial charge in [-0.25, -0.2) is 4.79 Å². The number of unbranched alkanes of at least 4 members (excludes halogenated alkanes) is 1. The second-order valence-corrected chi connectivity index (χ2v) is 11.6. The van der Waals surface area contributed by atoms with Crippen LogP contribution >= 0.6 is 0 Å². The number of amides is 4. The van der Waals surface area contributed by atoms with Gasteiger partial charge in [0.15, 0.2) is 0 Å². The van der Waals surface area contributed by atoms with Gasteiger partial charge in [-0.15, -0.1) is 0 Å². The number of nitrogens with two attached hydrogens (primary N) is 2. The minimum Gasteiger partial charge on any atom is -0.480 e. The van der Waals surface area contributed by atoms with Crippen LogP contribution in [-0.2, 0) is 30.4 Å². The molecule has 1 aliphatic heterocycles. The van der Waals surface area contributed by atoms with Crippen LogP contribution in [-0.4, -0.2) is 82.9 Å². The lowest BCUT2D eigenvalue weighted by Gasteiger charge is -2.30. The highest BCUT2D eigenvalue weighted by molar-refractivity contribution is 5.95. The van der Waals surface area contributed by atoms with E-state index in [0.29, 0.717) is 38.8 Å². The van der Waals surface area contributed by atoms with E-state index in [1.54, 1.807) is 52.0 Å². The second kappa shape index (κ2) is 16.8. The van der Waals surface area contributed by atoms with Gasteiger partial charge in [0, 0.05) is 13.0 Å². The molecule has 2 rings (SSSR count). The number of nitrogens with zero attached hydrogens (tertiary/aromatic N) is 1. The van der Waals surface area contributed by atoms with Crippen LogP contribution in [0.4, 0.5) is 0 Å². The third-order valence-corrected chi connectivity index (χ3v) is 7.52. The standard InChI is InChI=1S/C30H48N6O6/c1-18(2)24(34-27(38)23-14-10-16-36(23)29(40)21(32)13-8-9-15-31)28(39)33-22(17-20-11-6-5-7-12-20)26(37)35-25(19(3)4)30(41)42/h5-7,11-12,18-19,21-25H,8-10,13-17,31-32H2,1-4H3,(H,33,39)(H,34,38)(H,35,37)(H,41,42)/t21?,22?,23-,24?,25?/m0/s1. The molecular formula is C30H48N6O6. The lowest BCUT2D eigenvalue weighted by atomic mass is 9.99. The number of hydrogen-bond acceptors (Lipinski definition) is 7. The summed E-state index contributed by atoms with van der Waals surface area (Å²) in [6.07, 6.45) is 3.15. The van der Waals surface area contributed by atoms with Crippen LogP contribution < -0.4 is 27.4 Å². The average Bonchev–Trinajstić information content (AvgIpc) is 3.43. The molecule has 4 amide bonds. The van der Waals surface area contributed by atoms with Gasteiger partial charge in [-0.3, -0.25) is 19.2 Å². The molecule has 12 nitrogen and oxygen atoms in total. The Morgan fingerprint density at radius 3 is 2.14 bits per heavy atom. The molecule has 0 aliphatic carbocycles. The third kappa shape index (κ3) is 10.1. The summed E-state index contributed by atoms with van der Waals surface area (Å²) in [5.74, 6) is -3.88. The Morgan fingerprint density at radius 2 is 1.57 bits per heavy atom. The monoisotopic (exact) mass is 588 g/mol. The Morgan fingerprint density at radius 1 is 0.929 bits per heavy atom. The first-order valence-electron chi connectivity index (χ1n) is 14.8. The van der Waals surface area contributed by atoms with E-state index in [1.165, 1.54) is 4.90 Å². The molecule has 0 aromatic heterocycles. The summed E-state index contributed by atoms with van der Waals surface area (Å²) in [5, 5.41) is 17.6. The van der Waals surface area contributed by atoms with Crippen LogP contribution in [0, 0.1) is 11.8 Å². The van der Waals surface area contributed by atoms with Crippen molar-refractivity contribution in [3.8, 4) is 0 Å². The van der Waals surface area contributed by atoms with Gasteiger partial charge in [-0.05, 0) is 49.6 Å². The van der Waals surface area contributed by atoms with Crippen LogP contribution in [0.3, 0.4) is 0 Å². The van der Waals surface area contributed by atoms with Gasteiger partial charge >= 0.3 is 5.97 Å². The van der Waals surface area contributed by atoms with Gasteiger partial charge in [-0.1, -0.05) is 64.4 Å². The van der Waals surface area contributed by atoms with Gasteiger partial charge < -0.3 is 37.4 Å². The fourth-order valence-electron chi connectivity index (χ4n) is 5.02. The molecule has 1 heterocycles. The van der Waals surface area contributed by atoms with Gasteiger partial charge in [0.05, 0.1) is 6.04 Å². The summed E-state index contributed by atoms with van der Waals surface area (Å²) < 4.78 is 0. The molecule has 12 heteroatoms. The number of rotatable bonds is 16. The van der Waals surface area contributed by atoms with Crippen LogP contribution in [0.15, 0.2) is 30.3 Å². The maximum atomic E-state index is 13.5. The van der Waals surface area contributed by atoms with E-state index in [4.69, 9.17) is 11.5 Å². The molecule has 0 spiro atoms. The molecule has 4 unspecified atom stereocenters. The SMILES string of the molecule is CC(C)C(NC(=O)C(Cc1ccccc1)NC(=O)C(NC(=O)[C@@H]1CCCN1C(=O)C(N)CCCCN)C(C)C)C(=O)O. The Labute approximate surface area is 248 Å². The van der Waals surface area contributed by atoms with E-state index in [9.17, 15) is 29.1 Å². The smallest absolute Gasteiger partial charge is 0.326 e. The van der Waals surface area contributed by atoms with E-state index >= 15 is 0 Å². The molecule has 1 saturated heterocycles. The highest BCUT2D eigenvalue weighted by atomic mass is 16.4. The maximum absolute atomic E-state index is 13.5. The highest BCUT2D eigenvalue weighted by Gasteiger charge is 2.38. The molecule has 8 N–H and O–H groups in total. The molecule has 0 saturated carbocycles. The predicted octanol–water partition coefficient (Wildman–Crippen LogP) is 0.527. The zero-order valence-electron chi connectivity index (χ0n) is 25.2. The van der Waals surface area contributed by atoms with Crippen molar-refractivity contribution >= 4 is 29.6 Å². The first kappa shape index (κ1) is 34.7. The number of hydrogen-bond donors (Lipinski definition) is 6. The number of aliphatic carboxylic acids is 1. The second-order valence-electron chi connectivity index (χ2n) is 11.6. The molecule has 1 aromatic rings. The van der Waals surface area contributed by atoms with E-state index in [0.717, 1.165) is 12.0 Å². The Bertz CT molecular complexity index is 1070. The maximum Gasteiger partial charge on any atom is 0.326 e. The third-order valence-electron chi connectivity index (χ3n) is 7.52. The molecule has 5 atom stereocenters. The summed E-state index contributed by atoms with van der Waals surface area (Å²) >= 11 is 0. The summed E-state index contributed by atoms with van der Waals surface area (Å²) in [6.45, 7) is 7.80. The van der Waals surface area contributed by atoms with E-state index < -0.39 is 53.9 Å². The van der Waals surface area contributed by atoms with Crippen LogP contribution in [0.1, 0.15) is 65.4 Å². The largest absolute Gasteiger partial charge is 0.480 e. The van der Waals surface area contributed by atoms with Crippen molar-refractivity contribution in [3.63, 3.8) is 0 Å². The van der Waals surface area contributed by atoms with Gasteiger partial charge in [-0.2, -0.15) is 0 Å². The minimum atomic E-state index is -1.18. The number of likely N-dealkylation sites (tertiary alicyclic amines) is 1. The fourth-order valence-corrected chi connectivity index (χ4v) is 5.02. The predicted molar refractivity (Wildman–Crippen MR) is 159 cm³/mol. The van der Waals surface area contributed by atoms with Gasteiger partial charge in [0.25, 0.3) is 0 Å². The molecule has 0 bridgehead atoms. The molecular weight excluding hydrogens is 540 g/mol. The van der Waals surface area contributed by atoms with Gasteiger partial charge in [0.1, 0.15) is 24.2 Å².